The highest BCUT2D eigenvalue weighted by Gasteiger charge is 2.15. The first-order valence-corrected chi connectivity index (χ1v) is 6.86. The molecule has 0 atom stereocenters. The van der Waals surface area contributed by atoms with Crippen LogP contribution in [-0.4, -0.2) is 30.2 Å². The minimum atomic E-state index is 0.219. The largest absolute Gasteiger partial charge is 0.383 e. The third-order valence-electron chi connectivity index (χ3n) is 2.94. The van der Waals surface area contributed by atoms with Crippen LogP contribution in [0, 0.1) is 19.3 Å². The highest BCUT2D eigenvalue weighted by Crippen LogP contribution is 2.20. The van der Waals surface area contributed by atoms with E-state index in [1.807, 2.05) is 0 Å². The Morgan fingerprint density at radius 3 is 2.16 bits per heavy atom. The zero-order chi connectivity index (χ0) is 14.5. The summed E-state index contributed by atoms with van der Waals surface area (Å²) < 4.78 is 5.02. The summed E-state index contributed by atoms with van der Waals surface area (Å²) >= 11 is 0. The Morgan fingerprint density at radius 2 is 1.68 bits per heavy atom. The number of aryl methyl sites for hydroxylation is 2. The zero-order valence-corrected chi connectivity index (χ0v) is 13.1. The first-order chi connectivity index (χ1) is 8.83. The lowest BCUT2D eigenvalue weighted by Gasteiger charge is -2.18. The fourth-order valence-electron chi connectivity index (χ4n) is 2.01. The lowest BCUT2D eigenvalue weighted by Crippen LogP contribution is -2.21. The number of rotatable bonds is 6. The first-order valence-electron chi connectivity index (χ1n) is 6.86. The van der Waals surface area contributed by atoms with Gasteiger partial charge in [0.2, 0.25) is 0 Å². The maximum Gasteiger partial charge on any atom is 0.129 e. The molecule has 0 unspecified atom stereocenters. The van der Waals surface area contributed by atoms with Gasteiger partial charge in [0.15, 0.2) is 0 Å². The molecular formula is C15H27N3O. The molecule has 0 amide bonds. The number of nitrogens with zero attached hydrogens (tertiary/aromatic N) is 2. The van der Waals surface area contributed by atoms with Crippen LogP contribution >= 0.6 is 0 Å². The molecule has 1 aromatic heterocycles. The number of hydrogen-bond acceptors (Lipinski definition) is 4. The molecule has 0 aliphatic rings. The quantitative estimate of drug-likeness (QED) is 0.802. The van der Waals surface area contributed by atoms with Crippen LogP contribution in [0.15, 0.2) is 0 Å². The van der Waals surface area contributed by atoms with Crippen LogP contribution in [0.2, 0.25) is 0 Å². The van der Waals surface area contributed by atoms with E-state index in [9.17, 15) is 0 Å². The SMILES string of the molecule is COCCNCc1c(C)nc(CC(C)(C)C)nc1C. The zero-order valence-electron chi connectivity index (χ0n) is 13.1. The van der Waals surface area contributed by atoms with Crippen molar-refractivity contribution in [3.8, 4) is 0 Å². The van der Waals surface area contributed by atoms with E-state index >= 15 is 0 Å². The Balaban J connectivity index is 2.74. The molecule has 4 nitrogen and oxygen atoms in total. The van der Waals surface area contributed by atoms with Gasteiger partial charge in [0.1, 0.15) is 5.82 Å². The van der Waals surface area contributed by atoms with Gasteiger partial charge < -0.3 is 10.1 Å². The van der Waals surface area contributed by atoms with Crippen molar-refractivity contribution in [2.45, 2.75) is 47.6 Å². The fraction of sp³-hybridized carbons (Fsp3) is 0.733. The molecule has 0 aliphatic heterocycles. The van der Waals surface area contributed by atoms with Crippen molar-refractivity contribution in [3.05, 3.63) is 22.8 Å². The second kappa shape index (κ2) is 6.96. The standard InChI is InChI=1S/C15H27N3O/c1-11-13(10-16-7-8-19-6)12(2)18-14(17-11)9-15(3,4)5/h16H,7-10H2,1-6H3. The van der Waals surface area contributed by atoms with Crippen molar-refractivity contribution < 1.29 is 4.74 Å². The summed E-state index contributed by atoms with van der Waals surface area (Å²) in [5.41, 5.74) is 3.58. The minimum Gasteiger partial charge on any atom is -0.383 e. The lowest BCUT2D eigenvalue weighted by molar-refractivity contribution is 0.199. The molecular weight excluding hydrogens is 238 g/mol. The van der Waals surface area contributed by atoms with E-state index in [0.29, 0.717) is 0 Å². The Labute approximate surface area is 117 Å². The van der Waals surface area contributed by atoms with Gasteiger partial charge in [-0.25, -0.2) is 9.97 Å². The lowest BCUT2D eigenvalue weighted by atomic mass is 9.92. The van der Waals surface area contributed by atoms with Gasteiger partial charge in [0, 0.05) is 43.6 Å². The summed E-state index contributed by atoms with van der Waals surface area (Å²) in [5.74, 6) is 0.947. The van der Waals surface area contributed by atoms with Gasteiger partial charge in [-0.1, -0.05) is 20.8 Å². The molecule has 0 radical (unpaired) electrons. The van der Waals surface area contributed by atoms with Crippen molar-refractivity contribution >= 4 is 0 Å². The Kier molecular flexibility index (Phi) is 5.88. The molecule has 4 heteroatoms. The maximum absolute atomic E-state index is 5.02. The van der Waals surface area contributed by atoms with Gasteiger partial charge in [0.25, 0.3) is 0 Å². The Hall–Kier alpha value is -1.00. The van der Waals surface area contributed by atoms with Crippen molar-refractivity contribution in [1.29, 1.82) is 0 Å². The van der Waals surface area contributed by atoms with Crippen molar-refractivity contribution in [2.24, 2.45) is 5.41 Å². The van der Waals surface area contributed by atoms with E-state index in [-0.39, 0.29) is 5.41 Å². The summed E-state index contributed by atoms with van der Waals surface area (Å²) in [4.78, 5) is 9.27. The van der Waals surface area contributed by atoms with E-state index in [4.69, 9.17) is 4.74 Å². The second-order valence-corrected chi connectivity index (χ2v) is 6.20. The van der Waals surface area contributed by atoms with Crippen LogP contribution in [0.5, 0.6) is 0 Å². The molecule has 0 aromatic carbocycles. The van der Waals surface area contributed by atoms with Gasteiger partial charge in [-0.05, 0) is 19.3 Å². The summed E-state index contributed by atoms with van der Waals surface area (Å²) in [6.45, 7) is 13.1. The molecule has 19 heavy (non-hydrogen) atoms. The molecule has 108 valence electrons. The molecule has 1 N–H and O–H groups in total. The topological polar surface area (TPSA) is 47.0 Å². The summed E-state index contributed by atoms with van der Waals surface area (Å²) in [6.07, 6.45) is 0.909. The van der Waals surface area contributed by atoms with Crippen LogP contribution in [0.25, 0.3) is 0 Å². The summed E-state index contributed by atoms with van der Waals surface area (Å²) in [6, 6.07) is 0. The number of hydrogen-bond donors (Lipinski definition) is 1. The molecule has 1 rings (SSSR count). The van der Waals surface area contributed by atoms with Crippen LogP contribution in [-0.2, 0) is 17.7 Å². The first kappa shape index (κ1) is 16.1. The van der Waals surface area contributed by atoms with E-state index in [0.717, 1.165) is 43.3 Å². The van der Waals surface area contributed by atoms with E-state index in [2.05, 4.69) is 49.9 Å². The number of aromatic nitrogens is 2. The van der Waals surface area contributed by atoms with Crippen molar-refractivity contribution in [2.75, 3.05) is 20.3 Å². The van der Waals surface area contributed by atoms with Gasteiger partial charge in [-0.3, -0.25) is 0 Å². The predicted octanol–water partition coefficient (Wildman–Crippen LogP) is 2.42. The predicted molar refractivity (Wildman–Crippen MR) is 78.2 cm³/mol. The smallest absolute Gasteiger partial charge is 0.129 e. The van der Waals surface area contributed by atoms with Gasteiger partial charge in [-0.15, -0.1) is 0 Å². The van der Waals surface area contributed by atoms with Crippen molar-refractivity contribution in [3.63, 3.8) is 0 Å². The molecule has 0 saturated carbocycles. The van der Waals surface area contributed by atoms with Crippen LogP contribution in [0.3, 0.4) is 0 Å². The maximum atomic E-state index is 5.02. The second-order valence-electron chi connectivity index (χ2n) is 6.20. The molecule has 0 saturated heterocycles. The monoisotopic (exact) mass is 265 g/mol. The average molecular weight is 265 g/mol. The van der Waals surface area contributed by atoms with Gasteiger partial charge >= 0.3 is 0 Å². The van der Waals surface area contributed by atoms with Gasteiger partial charge in [-0.2, -0.15) is 0 Å². The number of ether oxygens (including phenoxy) is 1. The number of methoxy groups -OCH3 is 1. The normalized spacial score (nSPS) is 11.9. The fourth-order valence-corrected chi connectivity index (χ4v) is 2.01. The highest BCUT2D eigenvalue weighted by molar-refractivity contribution is 5.24. The Morgan fingerprint density at radius 1 is 1.11 bits per heavy atom. The van der Waals surface area contributed by atoms with Gasteiger partial charge in [0.05, 0.1) is 6.61 Å². The Bertz CT molecular complexity index is 387. The van der Waals surface area contributed by atoms with E-state index in [1.165, 1.54) is 5.56 Å². The average Bonchev–Trinajstić information content (AvgIpc) is 2.24. The van der Waals surface area contributed by atoms with Crippen LogP contribution < -0.4 is 5.32 Å². The summed E-state index contributed by atoms with van der Waals surface area (Å²) in [5, 5.41) is 3.35. The van der Waals surface area contributed by atoms with Crippen molar-refractivity contribution in [1.82, 2.24) is 15.3 Å². The van der Waals surface area contributed by atoms with E-state index in [1.54, 1.807) is 7.11 Å². The van der Waals surface area contributed by atoms with E-state index < -0.39 is 0 Å². The van der Waals surface area contributed by atoms with Crippen LogP contribution in [0.4, 0.5) is 0 Å². The molecule has 1 aromatic rings. The molecule has 0 fully saturated rings. The molecule has 0 spiro atoms. The minimum absolute atomic E-state index is 0.219. The molecule has 0 aliphatic carbocycles. The molecule has 0 bridgehead atoms. The summed E-state index contributed by atoms with van der Waals surface area (Å²) in [7, 11) is 1.71. The third kappa shape index (κ3) is 5.66. The molecule has 1 heterocycles. The third-order valence-corrected chi connectivity index (χ3v) is 2.94. The number of nitrogens with one attached hydrogen (secondary N) is 1. The highest BCUT2D eigenvalue weighted by atomic mass is 16.5. The van der Waals surface area contributed by atoms with Crippen LogP contribution in [0.1, 0.15) is 43.5 Å².